The maximum Gasteiger partial charge on any atom is 0.333 e. The largest absolute Gasteiger partial charge is 0.462 e. The lowest BCUT2D eigenvalue weighted by molar-refractivity contribution is -0.139. The van der Waals surface area contributed by atoms with Crippen molar-refractivity contribution in [3.63, 3.8) is 0 Å². The van der Waals surface area contributed by atoms with Crippen molar-refractivity contribution < 1.29 is 26.4 Å². The van der Waals surface area contributed by atoms with Gasteiger partial charge in [-0.25, -0.2) is 21.6 Å². The minimum atomic E-state index is -3.85. The molecule has 18 heavy (non-hydrogen) atoms. The van der Waals surface area contributed by atoms with Crippen molar-refractivity contribution in [3.05, 3.63) is 12.2 Å². The first kappa shape index (κ1) is 17.1. The van der Waals surface area contributed by atoms with E-state index < -0.39 is 26.0 Å². The Hall–Kier alpha value is -0.930. The molecule has 0 atom stereocenters. The van der Waals surface area contributed by atoms with Crippen molar-refractivity contribution in [2.24, 2.45) is 0 Å². The van der Waals surface area contributed by atoms with E-state index in [4.69, 9.17) is 4.74 Å². The Labute approximate surface area is 108 Å². The maximum atomic E-state index is 11.2. The van der Waals surface area contributed by atoms with E-state index in [2.05, 4.69) is 6.58 Å². The summed E-state index contributed by atoms with van der Waals surface area (Å²) in [5.41, 5.74) is 0.220. The van der Waals surface area contributed by atoms with Crippen LogP contribution in [0.4, 0.5) is 0 Å². The van der Waals surface area contributed by atoms with Crippen LogP contribution in [0.1, 0.15) is 13.3 Å². The van der Waals surface area contributed by atoms with Crippen molar-refractivity contribution >= 4 is 26.0 Å². The van der Waals surface area contributed by atoms with Gasteiger partial charge < -0.3 is 4.74 Å². The first-order valence-corrected chi connectivity index (χ1v) is 8.66. The van der Waals surface area contributed by atoms with Crippen LogP contribution in [0.2, 0.25) is 0 Å². The number of rotatable bonds is 7. The Morgan fingerprint density at radius 2 is 1.61 bits per heavy atom. The molecular formula is C9H17NO6S2. The van der Waals surface area contributed by atoms with Gasteiger partial charge in [-0.1, -0.05) is 10.3 Å². The molecule has 0 spiro atoms. The topological polar surface area (TPSA) is 97.8 Å². The van der Waals surface area contributed by atoms with Gasteiger partial charge in [0.25, 0.3) is 0 Å². The number of nitrogens with zero attached hydrogens (tertiary/aromatic N) is 1. The molecular weight excluding hydrogens is 282 g/mol. The average molecular weight is 299 g/mol. The van der Waals surface area contributed by atoms with Crippen LogP contribution in [0.3, 0.4) is 0 Å². The van der Waals surface area contributed by atoms with E-state index in [1.54, 1.807) is 0 Å². The Bertz CT molecular complexity index is 487. The lowest BCUT2D eigenvalue weighted by Gasteiger charge is -2.17. The lowest BCUT2D eigenvalue weighted by atomic mass is 10.4. The fraction of sp³-hybridized carbons (Fsp3) is 0.667. The normalized spacial score (nSPS) is 12.4. The molecule has 0 saturated carbocycles. The second-order valence-electron chi connectivity index (χ2n) is 3.79. The van der Waals surface area contributed by atoms with Crippen molar-refractivity contribution in [2.75, 3.05) is 25.7 Å². The summed E-state index contributed by atoms with van der Waals surface area (Å²) in [4.78, 5) is 11.0. The highest BCUT2D eigenvalue weighted by atomic mass is 32.3. The molecule has 0 heterocycles. The van der Waals surface area contributed by atoms with Gasteiger partial charge in [-0.15, -0.1) is 0 Å². The minimum Gasteiger partial charge on any atom is -0.462 e. The van der Waals surface area contributed by atoms with Gasteiger partial charge in [-0.3, -0.25) is 0 Å². The molecule has 106 valence electrons. The number of hydrogen-bond donors (Lipinski definition) is 0. The van der Waals surface area contributed by atoms with Gasteiger partial charge in [0.1, 0.15) is 0 Å². The summed E-state index contributed by atoms with van der Waals surface area (Å²) >= 11 is 0. The summed E-state index contributed by atoms with van der Waals surface area (Å²) in [6.07, 6.45) is 1.68. The second-order valence-corrected chi connectivity index (χ2v) is 7.84. The van der Waals surface area contributed by atoms with E-state index in [9.17, 15) is 21.6 Å². The minimum absolute atomic E-state index is 0.0762. The maximum absolute atomic E-state index is 11.2. The highest BCUT2D eigenvalue weighted by Crippen LogP contribution is 2.06. The summed E-state index contributed by atoms with van der Waals surface area (Å²) in [5, 5.41) is 0. The number of carbonyl (C=O) groups excluding carboxylic acids is 1. The van der Waals surface area contributed by atoms with E-state index in [0.29, 0.717) is 3.71 Å². The Balaban J connectivity index is 4.42. The number of carbonyl (C=O) groups is 1. The summed E-state index contributed by atoms with van der Waals surface area (Å²) in [5.74, 6) is -0.597. The Morgan fingerprint density at radius 3 is 1.94 bits per heavy atom. The molecule has 0 aliphatic rings. The zero-order valence-electron chi connectivity index (χ0n) is 10.5. The fourth-order valence-electron chi connectivity index (χ4n) is 1.06. The van der Waals surface area contributed by atoms with Gasteiger partial charge in [0.15, 0.2) is 0 Å². The zero-order chi connectivity index (χ0) is 14.6. The fourth-order valence-corrected chi connectivity index (χ4v) is 3.95. The average Bonchev–Trinajstić information content (AvgIpc) is 2.12. The third-order valence-electron chi connectivity index (χ3n) is 1.81. The smallest absolute Gasteiger partial charge is 0.333 e. The van der Waals surface area contributed by atoms with E-state index in [-0.39, 0.29) is 25.1 Å². The number of hydrogen-bond acceptors (Lipinski definition) is 6. The first-order valence-electron chi connectivity index (χ1n) is 4.97. The number of ether oxygens (including phenoxy) is 1. The summed E-state index contributed by atoms with van der Waals surface area (Å²) in [6.45, 7) is 4.51. The van der Waals surface area contributed by atoms with E-state index >= 15 is 0 Å². The van der Waals surface area contributed by atoms with E-state index in [0.717, 1.165) is 12.5 Å². The van der Waals surface area contributed by atoms with Crippen LogP contribution in [0.5, 0.6) is 0 Å². The molecule has 0 amide bonds. The third kappa shape index (κ3) is 6.12. The van der Waals surface area contributed by atoms with Crippen LogP contribution in [0, 0.1) is 0 Å². The third-order valence-corrected chi connectivity index (χ3v) is 5.28. The lowest BCUT2D eigenvalue weighted by Crippen LogP contribution is -2.36. The molecule has 0 fully saturated rings. The molecule has 0 radical (unpaired) electrons. The van der Waals surface area contributed by atoms with Gasteiger partial charge in [0.05, 0.1) is 19.1 Å². The van der Waals surface area contributed by atoms with Crippen LogP contribution >= 0.6 is 0 Å². The summed E-state index contributed by atoms with van der Waals surface area (Å²) in [7, 11) is -7.70. The molecule has 7 nitrogen and oxygen atoms in total. The van der Waals surface area contributed by atoms with Gasteiger partial charge in [0.2, 0.25) is 20.0 Å². The van der Waals surface area contributed by atoms with Crippen molar-refractivity contribution in [3.8, 4) is 0 Å². The quantitative estimate of drug-likeness (QED) is 0.364. The monoisotopic (exact) mass is 299 g/mol. The molecule has 0 saturated heterocycles. The molecule has 9 heteroatoms. The molecule has 0 aliphatic heterocycles. The molecule has 0 aliphatic carbocycles. The Morgan fingerprint density at radius 1 is 1.17 bits per heavy atom. The predicted molar refractivity (Wildman–Crippen MR) is 66.8 cm³/mol. The second kappa shape index (κ2) is 6.30. The molecule has 0 unspecified atom stereocenters. The molecule has 0 aromatic rings. The molecule has 0 aromatic carbocycles. The molecule has 0 bridgehead atoms. The van der Waals surface area contributed by atoms with Crippen LogP contribution in [0.25, 0.3) is 0 Å². The van der Waals surface area contributed by atoms with Gasteiger partial charge in [0, 0.05) is 12.1 Å². The highest BCUT2D eigenvalue weighted by Gasteiger charge is 2.26. The zero-order valence-corrected chi connectivity index (χ0v) is 12.2. The van der Waals surface area contributed by atoms with E-state index in [1.165, 1.54) is 6.92 Å². The van der Waals surface area contributed by atoms with E-state index in [1.807, 2.05) is 0 Å². The predicted octanol–water partition coefficient (Wildman–Crippen LogP) is -0.283. The van der Waals surface area contributed by atoms with Gasteiger partial charge in [-0.2, -0.15) is 0 Å². The molecule has 0 N–H and O–H groups in total. The van der Waals surface area contributed by atoms with Crippen LogP contribution in [0.15, 0.2) is 12.2 Å². The standard InChI is InChI=1S/C9H17NO6S2/c1-8(2)9(11)16-7-5-6-10(17(3,12)13)18(4,14)15/h1,5-7H2,2-4H3. The first-order chi connectivity index (χ1) is 7.96. The van der Waals surface area contributed by atoms with Crippen LogP contribution < -0.4 is 0 Å². The van der Waals surface area contributed by atoms with Crippen LogP contribution in [-0.4, -0.2) is 52.2 Å². The van der Waals surface area contributed by atoms with Crippen molar-refractivity contribution in [1.82, 2.24) is 3.71 Å². The summed E-state index contributed by atoms with van der Waals surface area (Å²) in [6, 6.07) is 0. The van der Waals surface area contributed by atoms with Gasteiger partial charge >= 0.3 is 5.97 Å². The highest BCUT2D eigenvalue weighted by molar-refractivity contribution is 8.03. The van der Waals surface area contributed by atoms with Crippen molar-refractivity contribution in [2.45, 2.75) is 13.3 Å². The van der Waals surface area contributed by atoms with Crippen LogP contribution in [-0.2, 0) is 29.6 Å². The van der Waals surface area contributed by atoms with Gasteiger partial charge in [-0.05, 0) is 13.3 Å². The summed E-state index contributed by atoms with van der Waals surface area (Å²) < 4.78 is 50.1. The number of sulfonamides is 2. The molecule has 0 rings (SSSR count). The Kier molecular flexibility index (Phi) is 5.97. The molecule has 0 aromatic heterocycles. The SMILES string of the molecule is C=C(C)C(=O)OCCCN(S(C)(=O)=O)S(C)(=O)=O. The number of esters is 1. The van der Waals surface area contributed by atoms with Crippen molar-refractivity contribution in [1.29, 1.82) is 0 Å².